The summed E-state index contributed by atoms with van der Waals surface area (Å²) >= 11 is 12.0. The Morgan fingerprint density at radius 2 is 1.73 bits per heavy atom. The highest BCUT2D eigenvalue weighted by Gasteiger charge is 2.32. The number of halogens is 7. The van der Waals surface area contributed by atoms with Crippen LogP contribution >= 0.6 is 23.2 Å². The fraction of sp³-hybridized carbons (Fsp3) is 0.118. The Hall–Kier alpha value is -2.97. The van der Waals surface area contributed by atoms with E-state index in [1.165, 1.54) is 11.6 Å². The molecule has 1 amide bonds. The van der Waals surface area contributed by atoms with Gasteiger partial charge in [0, 0.05) is 12.1 Å². The molecule has 176 valence electrons. The maximum absolute atomic E-state index is 13.8. The Labute approximate surface area is 191 Å². The maximum Gasteiger partial charge on any atom is 0.573 e. The standard InChI is InChI=1S/C17H9Cl2F5N4O4S/c1-7-14(16(29)26-33(30,31)13-4-8(20)2-3-12(13)21)25-27-28(7)15-10(18)5-9(6-11(15)19)32-17(22,23)24/h2-6H,1H3,(H,26,29). The molecule has 16 heteroatoms. The van der Waals surface area contributed by atoms with Crippen LogP contribution in [0.25, 0.3) is 5.69 Å². The quantitative estimate of drug-likeness (QED) is 0.496. The van der Waals surface area contributed by atoms with Gasteiger partial charge < -0.3 is 4.74 Å². The van der Waals surface area contributed by atoms with Gasteiger partial charge in [0.25, 0.3) is 15.9 Å². The van der Waals surface area contributed by atoms with Crippen molar-refractivity contribution in [2.45, 2.75) is 18.2 Å². The van der Waals surface area contributed by atoms with Crippen LogP contribution in [0.2, 0.25) is 10.0 Å². The second-order valence-electron chi connectivity index (χ2n) is 6.23. The van der Waals surface area contributed by atoms with Gasteiger partial charge in [0.05, 0.1) is 15.7 Å². The second-order valence-corrected chi connectivity index (χ2v) is 8.69. The van der Waals surface area contributed by atoms with Gasteiger partial charge in [0.15, 0.2) is 5.69 Å². The first kappa shape index (κ1) is 24.7. The van der Waals surface area contributed by atoms with Gasteiger partial charge >= 0.3 is 6.36 Å². The Balaban J connectivity index is 1.94. The third-order valence-corrected chi connectivity index (χ3v) is 5.88. The van der Waals surface area contributed by atoms with Crippen LogP contribution in [0.3, 0.4) is 0 Å². The van der Waals surface area contributed by atoms with Gasteiger partial charge in [-0.05, 0) is 25.1 Å². The summed E-state index contributed by atoms with van der Waals surface area (Å²) in [5, 5.41) is 6.40. The molecule has 0 saturated carbocycles. The smallest absolute Gasteiger partial charge is 0.406 e. The average Bonchev–Trinajstić information content (AvgIpc) is 3.02. The number of carbonyl (C=O) groups is 1. The van der Waals surface area contributed by atoms with Crippen molar-refractivity contribution in [3.63, 3.8) is 0 Å². The Morgan fingerprint density at radius 1 is 1.12 bits per heavy atom. The highest BCUT2D eigenvalue weighted by molar-refractivity contribution is 7.90. The summed E-state index contributed by atoms with van der Waals surface area (Å²) in [6.07, 6.45) is -5.00. The number of amides is 1. The van der Waals surface area contributed by atoms with E-state index >= 15 is 0 Å². The van der Waals surface area contributed by atoms with E-state index in [-0.39, 0.29) is 21.4 Å². The van der Waals surface area contributed by atoms with Crippen LogP contribution in [0, 0.1) is 18.6 Å². The minimum Gasteiger partial charge on any atom is -0.406 e. The number of sulfonamides is 1. The van der Waals surface area contributed by atoms with E-state index in [1.807, 2.05) is 0 Å². The normalized spacial score (nSPS) is 12.0. The summed E-state index contributed by atoms with van der Waals surface area (Å²) in [7, 11) is -4.84. The van der Waals surface area contributed by atoms with E-state index in [0.717, 1.165) is 16.8 Å². The molecule has 8 nitrogen and oxygen atoms in total. The third-order valence-electron chi connectivity index (χ3n) is 3.96. The van der Waals surface area contributed by atoms with Gasteiger partial charge in [-0.15, -0.1) is 18.3 Å². The maximum atomic E-state index is 13.8. The molecule has 1 heterocycles. The average molecular weight is 531 g/mol. The van der Waals surface area contributed by atoms with Gasteiger partial charge in [-0.3, -0.25) is 4.79 Å². The van der Waals surface area contributed by atoms with E-state index in [1.54, 1.807) is 0 Å². The molecule has 0 unspecified atom stereocenters. The lowest BCUT2D eigenvalue weighted by Gasteiger charge is -2.13. The molecule has 0 aliphatic carbocycles. The number of aromatic nitrogens is 3. The number of benzene rings is 2. The number of carbonyl (C=O) groups excluding carboxylic acids is 1. The largest absolute Gasteiger partial charge is 0.573 e. The van der Waals surface area contributed by atoms with Crippen LogP contribution in [0.1, 0.15) is 16.2 Å². The van der Waals surface area contributed by atoms with Crippen molar-refractivity contribution in [1.82, 2.24) is 19.7 Å². The van der Waals surface area contributed by atoms with Crippen molar-refractivity contribution < 1.29 is 39.9 Å². The molecule has 0 fully saturated rings. The zero-order chi connectivity index (χ0) is 24.7. The predicted molar refractivity (Wildman–Crippen MR) is 104 cm³/mol. The van der Waals surface area contributed by atoms with Gasteiger partial charge in [-0.2, -0.15) is 0 Å². The van der Waals surface area contributed by atoms with Gasteiger partial charge in [0.1, 0.15) is 28.0 Å². The number of nitrogens with zero attached hydrogens (tertiary/aromatic N) is 3. The molecule has 0 spiro atoms. The summed E-state index contributed by atoms with van der Waals surface area (Å²) in [4.78, 5) is 11.3. The highest BCUT2D eigenvalue weighted by Crippen LogP contribution is 2.35. The molecule has 0 radical (unpaired) electrons. The van der Waals surface area contributed by atoms with E-state index in [9.17, 15) is 35.2 Å². The summed E-state index contributed by atoms with van der Waals surface area (Å²) in [5.41, 5.74) is -0.884. The number of alkyl halides is 3. The van der Waals surface area contributed by atoms with Gasteiger partial charge in [-0.1, -0.05) is 28.4 Å². The first-order valence-electron chi connectivity index (χ1n) is 8.39. The molecule has 2 aromatic carbocycles. The summed E-state index contributed by atoms with van der Waals surface area (Å²) in [6, 6.07) is 3.19. The van der Waals surface area contributed by atoms with Crippen LogP contribution in [0.4, 0.5) is 22.0 Å². The van der Waals surface area contributed by atoms with Crippen molar-refractivity contribution in [3.05, 3.63) is 63.4 Å². The summed E-state index contributed by atoms with van der Waals surface area (Å²) in [5.74, 6) is -4.45. The second kappa shape index (κ2) is 8.76. The number of hydrogen-bond donors (Lipinski definition) is 1. The van der Waals surface area contributed by atoms with E-state index in [0.29, 0.717) is 18.2 Å². The zero-order valence-corrected chi connectivity index (χ0v) is 18.2. The lowest BCUT2D eigenvalue weighted by molar-refractivity contribution is -0.274. The Kier molecular flexibility index (Phi) is 6.55. The van der Waals surface area contributed by atoms with Crippen molar-refractivity contribution in [1.29, 1.82) is 0 Å². The summed E-state index contributed by atoms with van der Waals surface area (Å²) in [6.45, 7) is 1.25. The van der Waals surface area contributed by atoms with E-state index in [2.05, 4.69) is 15.0 Å². The van der Waals surface area contributed by atoms with E-state index < -0.39 is 50.3 Å². The van der Waals surface area contributed by atoms with Crippen molar-refractivity contribution in [3.8, 4) is 11.4 Å². The molecule has 0 aliphatic heterocycles. The Bertz CT molecular complexity index is 1340. The molecule has 33 heavy (non-hydrogen) atoms. The van der Waals surface area contributed by atoms with E-state index in [4.69, 9.17) is 23.2 Å². The van der Waals surface area contributed by atoms with Crippen LogP contribution in [0.5, 0.6) is 5.75 Å². The molecule has 0 aliphatic rings. The van der Waals surface area contributed by atoms with Crippen LogP contribution in [-0.2, 0) is 10.0 Å². The monoisotopic (exact) mass is 530 g/mol. The zero-order valence-electron chi connectivity index (χ0n) is 15.9. The van der Waals surface area contributed by atoms with Crippen LogP contribution in [0.15, 0.2) is 35.2 Å². The first-order chi connectivity index (χ1) is 15.2. The molecule has 1 N–H and O–H groups in total. The molecular formula is C17H9Cl2F5N4O4S. The molecule has 1 aromatic heterocycles. The third kappa shape index (κ3) is 5.34. The van der Waals surface area contributed by atoms with Crippen LogP contribution < -0.4 is 9.46 Å². The highest BCUT2D eigenvalue weighted by atomic mass is 35.5. The van der Waals surface area contributed by atoms with Crippen molar-refractivity contribution in [2.24, 2.45) is 0 Å². The molecule has 3 rings (SSSR count). The lowest BCUT2D eigenvalue weighted by atomic mass is 10.2. The number of hydrogen-bond acceptors (Lipinski definition) is 6. The number of nitrogens with one attached hydrogen (secondary N) is 1. The minimum atomic E-state index is -5.00. The molecule has 0 saturated heterocycles. The van der Waals surface area contributed by atoms with Gasteiger partial charge in [-0.25, -0.2) is 26.6 Å². The molecule has 0 bridgehead atoms. The van der Waals surface area contributed by atoms with Gasteiger partial charge in [0.2, 0.25) is 0 Å². The van der Waals surface area contributed by atoms with Crippen molar-refractivity contribution >= 4 is 39.1 Å². The number of ether oxygens (including phenoxy) is 1. The molecular weight excluding hydrogens is 522 g/mol. The first-order valence-corrected chi connectivity index (χ1v) is 10.6. The summed E-state index contributed by atoms with van der Waals surface area (Å²) < 4.78 is 95.1. The van der Waals surface area contributed by atoms with Crippen LogP contribution in [-0.4, -0.2) is 35.7 Å². The number of rotatable bonds is 5. The molecule has 3 aromatic rings. The van der Waals surface area contributed by atoms with Crippen molar-refractivity contribution in [2.75, 3.05) is 0 Å². The Morgan fingerprint density at radius 3 is 2.30 bits per heavy atom. The predicted octanol–water partition coefficient (Wildman–Crippen LogP) is 4.18. The molecule has 0 atom stereocenters. The SMILES string of the molecule is Cc1c(C(=O)NS(=O)(=O)c2cc(F)ccc2F)nnn1-c1c(Cl)cc(OC(F)(F)F)cc1Cl. The fourth-order valence-electron chi connectivity index (χ4n) is 2.60. The fourth-order valence-corrected chi connectivity index (χ4v) is 4.27. The topological polar surface area (TPSA) is 103 Å². The minimum absolute atomic E-state index is 0.129. The lowest BCUT2D eigenvalue weighted by Crippen LogP contribution is -2.32.